The third kappa shape index (κ3) is 3.28. The summed E-state index contributed by atoms with van der Waals surface area (Å²) in [5.74, 6) is 0. The van der Waals surface area contributed by atoms with Crippen LogP contribution in [0, 0.1) is 11.3 Å². The Hall–Kier alpha value is -1.50. The fraction of sp³-hybridized carbons (Fsp3) is 0.267. The van der Waals surface area contributed by atoms with E-state index in [0.29, 0.717) is 10.6 Å². The first-order valence-electron chi connectivity index (χ1n) is 6.00. The van der Waals surface area contributed by atoms with Crippen molar-refractivity contribution in [2.75, 3.05) is 11.9 Å². The number of thiophene rings is 1. The highest BCUT2D eigenvalue weighted by Crippen LogP contribution is 2.29. The molecule has 2 rings (SSSR count). The van der Waals surface area contributed by atoms with Gasteiger partial charge in [0.25, 0.3) is 0 Å². The summed E-state index contributed by atoms with van der Waals surface area (Å²) in [6, 6.07) is 11.6. The average Bonchev–Trinajstić information content (AvgIpc) is 2.91. The highest BCUT2D eigenvalue weighted by atomic mass is 35.5. The van der Waals surface area contributed by atoms with Gasteiger partial charge in [-0.1, -0.05) is 31.5 Å². The zero-order valence-corrected chi connectivity index (χ0v) is 12.5. The van der Waals surface area contributed by atoms with Crippen molar-refractivity contribution < 1.29 is 0 Å². The van der Waals surface area contributed by atoms with Gasteiger partial charge in [0.2, 0.25) is 0 Å². The van der Waals surface area contributed by atoms with Gasteiger partial charge in [-0.2, -0.15) is 5.26 Å². The van der Waals surface area contributed by atoms with Gasteiger partial charge in [0.1, 0.15) is 6.07 Å². The molecule has 19 heavy (non-hydrogen) atoms. The summed E-state index contributed by atoms with van der Waals surface area (Å²) in [5, 5.41) is 15.1. The first kappa shape index (κ1) is 13.9. The van der Waals surface area contributed by atoms with Gasteiger partial charge >= 0.3 is 0 Å². The van der Waals surface area contributed by atoms with E-state index >= 15 is 0 Å². The van der Waals surface area contributed by atoms with Crippen LogP contribution in [0.5, 0.6) is 0 Å². The van der Waals surface area contributed by atoms with Crippen LogP contribution in [-0.4, -0.2) is 6.54 Å². The molecule has 2 aromatic rings. The smallest absolute Gasteiger partial charge is 0.101 e. The normalized spacial score (nSPS) is 11.1. The predicted octanol–water partition coefficient (Wildman–Crippen LogP) is 4.66. The van der Waals surface area contributed by atoms with Crippen LogP contribution >= 0.6 is 22.9 Å². The molecule has 0 bridgehead atoms. The van der Waals surface area contributed by atoms with Gasteiger partial charge < -0.3 is 5.32 Å². The quantitative estimate of drug-likeness (QED) is 0.889. The molecule has 1 aromatic heterocycles. The Balaban J connectivity index is 2.15. The van der Waals surface area contributed by atoms with Gasteiger partial charge in [-0.15, -0.1) is 11.3 Å². The molecular weight excluding hydrogens is 276 g/mol. The van der Waals surface area contributed by atoms with Crippen LogP contribution in [0.2, 0.25) is 5.02 Å². The van der Waals surface area contributed by atoms with E-state index in [2.05, 4.69) is 42.7 Å². The molecule has 0 aliphatic carbocycles. The molecule has 0 unspecified atom stereocenters. The van der Waals surface area contributed by atoms with Crippen molar-refractivity contribution in [3.63, 3.8) is 0 Å². The highest BCUT2D eigenvalue weighted by Gasteiger charge is 2.21. The minimum Gasteiger partial charge on any atom is -0.383 e. The Kier molecular flexibility index (Phi) is 4.14. The largest absolute Gasteiger partial charge is 0.383 e. The summed E-state index contributed by atoms with van der Waals surface area (Å²) in [5.41, 5.74) is 1.43. The van der Waals surface area contributed by atoms with Crippen molar-refractivity contribution in [2.24, 2.45) is 0 Å². The monoisotopic (exact) mass is 290 g/mol. The molecule has 0 saturated carbocycles. The van der Waals surface area contributed by atoms with Crippen molar-refractivity contribution in [3.8, 4) is 6.07 Å². The summed E-state index contributed by atoms with van der Waals surface area (Å²) >= 11 is 7.72. The second-order valence-electron chi connectivity index (χ2n) is 5.02. The number of nitriles is 1. The van der Waals surface area contributed by atoms with Crippen LogP contribution in [0.4, 0.5) is 5.69 Å². The van der Waals surface area contributed by atoms with Crippen LogP contribution in [0.1, 0.15) is 24.3 Å². The lowest BCUT2D eigenvalue weighted by atomic mass is 9.91. The maximum atomic E-state index is 9.09. The van der Waals surface area contributed by atoms with Gasteiger partial charge in [0, 0.05) is 21.9 Å². The van der Waals surface area contributed by atoms with Crippen LogP contribution in [0.15, 0.2) is 35.7 Å². The third-order valence-electron chi connectivity index (χ3n) is 3.01. The highest BCUT2D eigenvalue weighted by molar-refractivity contribution is 7.10. The summed E-state index contributed by atoms with van der Waals surface area (Å²) < 4.78 is 0. The minimum atomic E-state index is 0.0171. The standard InChI is InChI=1S/C15H15ClN2S/c1-15(2,14-4-3-7-19-14)10-18-13-8-12(16)6-5-11(13)9-17/h3-8,18H,10H2,1-2H3. The topological polar surface area (TPSA) is 35.8 Å². The van der Waals surface area contributed by atoms with Crippen molar-refractivity contribution in [1.29, 1.82) is 5.26 Å². The molecule has 0 spiro atoms. The van der Waals surface area contributed by atoms with E-state index in [4.69, 9.17) is 16.9 Å². The molecule has 98 valence electrons. The minimum absolute atomic E-state index is 0.0171. The van der Waals surface area contributed by atoms with E-state index in [1.165, 1.54) is 4.88 Å². The molecule has 0 atom stereocenters. The molecule has 0 radical (unpaired) electrons. The fourth-order valence-corrected chi connectivity index (χ4v) is 2.85. The summed E-state index contributed by atoms with van der Waals surface area (Å²) in [6.45, 7) is 5.12. The van der Waals surface area contributed by atoms with E-state index in [1.54, 1.807) is 29.5 Å². The van der Waals surface area contributed by atoms with E-state index < -0.39 is 0 Å². The molecule has 0 aliphatic rings. The average molecular weight is 291 g/mol. The van der Waals surface area contributed by atoms with Crippen LogP contribution in [-0.2, 0) is 5.41 Å². The van der Waals surface area contributed by atoms with Gasteiger partial charge in [0.05, 0.1) is 11.3 Å². The summed E-state index contributed by atoms with van der Waals surface area (Å²) in [6.07, 6.45) is 0. The number of rotatable bonds is 4. The first-order chi connectivity index (χ1) is 9.03. The number of nitrogens with zero attached hydrogens (tertiary/aromatic N) is 1. The number of benzene rings is 1. The molecule has 4 heteroatoms. The Bertz CT molecular complexity index is 597. The van der Waals surface area contributed by atoms with Crippen LogP contribution in [0.25, 0.3) is 0 Å². The molecule has 0 aliphatic heterocycles. The number of nitrogens with one attached hydrogen (secondary N) is 1. The Labute approximate surface area is 122 Å². The van der Waals surface area contributed by atoms with Crippen LogP contribution in [0.3, 0.4) is 0 Å². The lowest BCUT2D eigenvalue weighted by Crippen LogP contribution is -2.26. The van der Waals surface area contributed by atoms with Crippen LogP contribution < -0.4 is 5.32 Å². The predicted molar refractivity (Wildman–Crippen MR) is 82.0 cm³/mol. The first-order valence-corrected chi connectivity index (χ1v) is 7.26. The second kappa shape index (κ2) is 5.64. The van der Waals surface area contributed by atoms with E-state index in [-0.39, 0.29) is 5.41 Å². The zero-order valence-electron chi connectivity index (χ0n) is 10.9. The lowest BCUT2D eigenvalue weighted by Gasteiger charge is -2.24. The summed E-state index contributed by atoms with van der Waals surface area (Å²) in [4.78, 5) is 1.32. The van der Waals surface area contributed by atoms with Crippen molar-refractivity contribution in [3.05, 3.63) is 51.2 Å². The van der Waals surface area contributed by atoms with E-state index in [1.807, 2.05) is 0 Å². The maximum absolute atomic E-state index is 9.09. The number of hydrogen-bond acceptors (Lipinski definition) is 3. The van der Waals surface area contributed by atoms with Gasteiger partial charge in [-0.05, 0) is 29.6 Å². The molecule has 1 heterocycles. The fourth-order valence-electron chi connectivity index (χ4n) is 1.83. The number of halogens is 1. The molecular formula is C15H15ClN2S. The molecule has 2 nitrogen and oxygen atoms in total. The Morgan fingerprint density at radius 3 is 2.79 bits per heavy atom. The van der Waals surface area contributed by atoms with E-state index in [9.17, 15) is 0 Å². The SMILES string of the molecule is CC(C)(CNc1cc(Cl)ccc1C#N)c1cccs1. The molecule has 0 saturated heterocycles. The number of hydrogen-bond donors (Lipinski definition) is 1. The summed E-state index contributed by atoms with van der Waals surface area (Å²) in [7, 11) is 0. The van der Waals surface area contributed by atoms with Crippen molar-refractivity contribution in [2.45, 2.75) is 19.3 Å². The molecule has 1 N–H and O–H groups in total. The lowest BCUT2D eigenvalue weighted by molar-refractivity contribution is 0.569. The molecule has 0 fully saturated rings. The zero-order chi connectivity index (χ0) is 13.9. The Morgan fingerprint density at radius 2 is 2.16 bits per heavy atom. The second-order valence-corrected chi connectivity index (χ2v) is 6.40. The van der Waals surface area contributed by atoms with Gasteiger partial charge in [-0.3, -0.25) is 0 Å². The molecule has 0 amide bonds. The number of anilines is 1. The van der Waals surface area contributed by atoms with Crippen molar-refractivity contribution >= 4 is 28.6 Å². The van der Waals surface area contributed by atoms with Gasteiger partial charge in [0.15, 0.2) is 0 Å². The molecule has 1 aromatic carbocycles. The van der Waals surface area contributed by atoms with Crippen molar-refractivity contribution in [1.82, 2.24) is 0 Å². The van der Waals surface area contributed by atoms with E-state index in [0.717, 1.165) is 12.2 Å². The third-order valence-corrected chi connectivity index (χ3v) is 4.48. The Morgan fingerprint density at radius 1 is 1.37 bits per heavy atom. The van der Waals surface area contributed by atoms with Gasteiger partial charge in [-0.25, -0.2) is 0 Å². The maximum Gasteiger partial charge on any atom is 0.101 e.